The van der Waals surface area contributed by atoms with E-state index in [-0.39, 0.29) is 17.3 Å². The molecule has 0 radical (unpaired) electrons. The maximum absolute atomic E-state index is 13.2. The fraction of sp³-hybridized carbons (Fsp3) is 0.130. The molecular formula is C23H19N3O4. The molecule has 3 aromatic rings. The first-order valence-electron chi connectivity index (χ1n) is 9.44. The molecule has 1 aliphatic rings. The van der Waals surface area contributed by atoms with Crippen LogP contribution in [0.2, 0.25) is 0 Å². The molecule has 0 spiro atoms. The molecule has 7 nitrogen and oxygen atoms in total. The lowest BCUT2D eigenvalue weighted by Crippen LogP contribution is -2.27. The number of benzene rings is 3. The van der Waals surface area contributed by atoms with Crippen molar-refractivity contribution in [3.8, 4) is 5.75 Å². The fourth-order valence-corrected chi connectivity index (χ4v) is 3.56. The van der Waals surface area contributed by atoms with Gasteiger partial charge in [0.1, 0.15) is 5.75 Å². The zero-order valence-electron chi connectivity index (χ0n) is 16.2. The molecule has 1 aliphatic heterocycles. The molecule has 7 heteroatoms. The monoisotopic (exact) mass is 401 g/mol. The summed E-state index contributed by atoms with van der Waals surface area (Å²) in [5.74, 6) is -0.236. The first-order valence-corrected chi connectivity index (χ1v) is 9.44. The number of hydrogen-bond acceptors (Lipinski definition) is 5. The van der Waals surface area contributed by atoms with Gasteiger partial charge in [0.15, 0.2) is 0 Å². The lowest BCUT2D eigenvalue weighted by Gasteiger charge is -2.22. The van der Waals surface area contributed by atoms with Crippen molar-refractivity contribution in [1.82, 2.24) is 5.01 Å². The Labute approximate surface area is 173 Å². The van der Waals surface area contributed by atoms with Gasteiger partial charge in [-0.25, -0.2) is 5.01 Å². The van der Waals surface area contributed by atoms with E-state index in [9.17, 15) is 20.0 Å². The summed E-state index contributed by atoms with van der Waals surface area (Å²) < 4.78 is 0. The molecule has 1 atom stereocenters. The Hall–Kier alpha value is -4.00. The Balaban J connectivity index is 1.79. The Morgan fingerprint density at radius 2 is 1.87 bits per heavy atom. The maximum Gasteiger partial charge on any atom is 0.274 e. The Morgan fingerprint density at radius 1 is 1.10 bits per heavy atom. The normalized spacial score (nSPS) is 15.7. The minimum atomic E-state index is -0.521. The van der Waals surface area contributed by atoms with Gasteiger partial charge in [0.25, 0.3) is 11.6 Å². The van der Waals surface area contributed by atoms with Crippen LogP contribution in [0.1, 0.15) is 39.5 Å². The van der Waals surface area contributed by atoms with Crippen LogP contribution in [0.3, 0.4) is 0 Å². The van der Waals surface area contributed by atoms with E-state index in [0.29, 0.717) is 28.8 Å². The van der Waals surface area contributed by atoms with Crippen molar-refractivity contribution in [1.29, 1.82) is 0 Å². The van der Waals surface area contributed by atoms with Gasteiger partial charge in [-0.2, -0.15) is 5.10 Å². The average Bonchev–Trinajstić information content (AvgIpc) is 3.21. The van der Waals surface area contributed by atoms with Crippen molar-refractivity contribution >= 4 is 17.3 Å². The number of phenolic OH excluding ortho intramolecular Hbond substituents is 1. The summed E-state index contributed by atoms with van der Waals surface area (Å²) in [6, 6.07) is 19.6. The summed E-state index contributed by atoms with van der Waals surface area (Å²) in [4.78, 5) is 24.0. The topological polar surface area (TPSA) is 96.0 Å². The number of nitro benzene ring substituents is 1. The predicted molar refractivity (Wildman–Crippen MR) is 112 cm³/mol. The molecule has 0 saturated heterocycles. The summed E-state index contributed by atoms with van der Waals surface area (Å²) in [6.45, 7) is 1.91. The number of nitrogens with zero attached hydrogens (tertiary/aromatic N) is 3. The Kier molecular flexibility index (Phi) is 5.02. The molecule has 1 N–H and O–H groups in total. The minimum Gasteiger partial charge on any atom is -0.507 e. The Morgan fingerprint density at radius 3 is 2.60 bits per heavy atom. The van der Waals surface area contributed by atoms with Crippen LogP contribution in [-0.2, 0) is 0 Å². The van der Waals surface area contributed by atoms with Crippen molar-refractivity contribution in [2.45, 2.75) is 19.4 Å². The number of rotatable bonds is 4. The first kappa shape index (κ1) is 19.3. The summed E-state index contributed by atoms with van der Waals surface area (Å²) in [5.41, 5.74) is 3.08. The van der Waals surface area contributed by atoms with Gasteiger partial charge in [-0.15, -0.1) is 0 Å². The van der Waals surface area contributed by atoms with Crippen molar-refractivity contribution in [2.75, 3.05) is 0 Å². The van der Waals surface area contributed by atoms with Crippen LogP contribution in [-0.4, -0.2) is 26.7 Å². The second-order valence-electron chi connectivity index (χ2n) is 7.16. The number of hydrazone groups is 1. The van der Waals surface area contributed by atoms with Gasteiger partial charge in [0, 0.05) is 29.7 Å². The number of nitro groups is 1. The Bertz CT molecular complexity index is 1160. The van der Waals surface area contributed by atoms with Crippen molar-refractivity contribution < 1.29 is 14.8 Å². The molecule has 1 heterocycles. The van der Waals surface area contributed by atoms with Gasteiger partial charge in [0.2, 0.25) is 0 Å². The van der Waals surface area contributed by atoms with Crippen molar-refractivity contribution in [3.05, 3.63) is 105 Å². The molecule has 0 saturated carbocycles. The van der Waals surface area contributed by atoms with Gasteiger partial charge < -0.3 is 5.11 Å². The van der Waals surface area contributed by atoms with E-state index in [1.807, 2.05) is 19.1 Å². The summed E-state index contributed by atoms with van der Waals surface area (Å²) in [7, 11) is 0. The number of phenols is 1. The van der Waals surface area contributed by atoms with E-state index in [1.54, 1.807) is 48.5 Å². The molecule has 0 aliphatic carbocycles. The third-order valence-corrected chi connectivity index (χ3v) is 5.07. The molecule has 0 aromatic heterocycles. The highest BCUT2D eigenvalue weighted by atomic mass is 16.6. The zero-order valence-corrected chi connectivity index (χ0v) is 16.2. The quantitative estimate of drug-likeness (QED) is 0.510. The van der Waals surface area contributed by atoms with Crippen LogP contribution in [0.4, 0.5) is 5.69 Å². The molecular weight excluding hydrogens is 382 g/mol. The van der Waals surface area contributed by atoms with Crippen LogP contribution in [0, 0.1) is 17.0 Å². The molecule has 0 bridgehead atoms. The van der Waals surface area contributed by atoms with Gasteiger partial charge in [-0.05, 0) is 36.8 Å². The van der Waals surface area contributed by atoms with Crippen molar-refractivity contribution in [2.24, 2.45) is 5.10 Å². The van der Waals surface area contributed by atoms with Gasteiger partial charge in [-0.3, -0.25) is 14.9 Å². The largest absolute Gasteiger partial charge is 0.507 e. The van der Waals surface area contributed by atoms with E-state index in [4.69, 9.17) is 0 Å². The minimum absolute atomic E-state index is 0.0496. The highest BCUT2D eigenvalue weighted by Gasteiger charge is 2.35. The number of carbonyl (C=O) groups excluding carboxylic acids is 1. The predicted octanol–water partition coefficient (Wildman–Crippen LogP) is 4.60. The highest BCUT2D eigenvalue weighted by Crippen LogP contribution is 2.37. The average molecular weight is 401 g/mol. The van der Waals surface area contributed by atoms with Crippen molar-refractivity contribution in [3.63, 3.8) is 0 Å². The van der Waals surface area contributed by atoms with Crippen LogP contribution in [0.5, 0.6) is 5.75 Å². The summed E-state index contributed by atoms with van der Waals surface area (Å²) in [5, 5.41) is 27.5. The summed E-state index contributed by atoms with van der Waals surface area (Å²) >= 11 is 0. The smallest absolute Gasteiger partial charge is 0.274 e. The molecule has 0 fully saturated rings. The van der Waals surface area contributed by atoms with E-state index in [2.05, 4.69) is 5.10 Å². The molecule has 3 aromatic carbocycles. The molecule has 4 rings (SSSR count). The standard InChI is InChI=1S/C23H19N3O4/c1-15-10-11-22(27)19(12-15)20-14-21(17-8-5-9-18(13-17)26(29)30)25(24-20)23(28)16-6-3-2-4-7-16/h2-13,21,27H,14H2,1H3. The fourth-order valence-electron chi connectivity index (χ4n) is 3.56. The highest BCUT2D eigenvalue weighted by molar-refractivity contribution is 6.06. The van der Waals surface area contributed by atoms with Crippen LogP contribution in [0.25, 0.3) is 0 Å². The number of aryl methyl sites for hydroxylation is 1. The zero-order chi connectivity index (χ0) is 21.3. The molecule has 1 unspecified atom stereocenters. The molecule has 150 valence electrons. The third-order valence-electron chi connectivity index (χ3n) is 5.07. The van der Waals surface area contributed by atoms with E-state index in [1.165, 1.54) is 17.1 Å². The lowest BCUT2D eigenvalue weighted by molar-refractivity contribution is -0.384. The first-order chi connectivity index (χ1) is 14.4. The number of aromatic hydroxyl groups is 1. The van der Waals surface area contributed by atoms with Crippen LogP contribution < -0.4 is 0 Å². The third kappa shape index (κ3) is 3.65. The second kappa shape index (κ2) is 7.79. The molecule has 30 heavy (non-hydrogen) atoms. The van der Waals surface area contributed by atoms with E-state index < -0.39 is 11.0 Å². The van der Waals surface area contributed by atoms with E-state index in [0.717, 1.165) is 5.56 Å². The van der Waals surface area contributed by atoms with Gasteiger partial charge in [-0.1, -0.05) is 42.0 Å². The number of non-ortho nitro benzene ring substituents is 1. The number of amides is 1. The van der Waals surface area contributed by atoms with Gasteiger partial charge >= 0.3 is 0 Å². The van der Waals surface area contributed by atoms with Crippen LogP contribution in [0.15, 0.2) is 77.9 Å². The van der Waals surface area contributed by atoms with E-state index >= 15 is 0 Å². The summed E-state index contributed by atoms with van der Waals surface area (Å²) in [6.07, 6.45) is 0.330. The van der Waals surface area contributed by atoms with Gasteiger partial charge in [0.05, 0.1) is 16.7 Å². The lowest BCUT2D eigenvalue weighted by atomic mass is 9.96. The molecule has 1 amide bonds. The number of hydrogen-bond donors (Lipinski definition) is 1. The SMILES string of the molecule is Cc1ccc(O)c(C2=NN(C(=O)c3ccccc3)C(c3cccc([N+](=O)[O-])c3)C2)c1. The van der Waals surface area contributed by atoms with Crippen LogP contribution >= 0.6 is 0 Å². The maximum atomic E-state index is 13.2. The number of carbonyl (C=O) groups is 1. The second-order valence-corrected chi connectivity index (χ2v) is 7.16.